The van der Waals surface area contributed by atoms with Gasteiger partial charge in [0.05, 0.1) is 16.5 Å². The predicted octanol–water partition coefficient (Wildman–Crippen LogP) is 2.36. The molecule has 1 N–H and O–H groups in total. The highest BCUT2D eigenvalue weighted by molar-refractivity contribution is 7.89. The van der Waals surface area contributed by atoms with Crippen LogP contribution in [0.15, 0.2) is 35.4 Å². The lowest BCUT2D eigenvalue weighted by atomic mass is 10.2. The highest BCUT2D eigenvalue weighted by Gasteiger charge is 2.22. The van der Waals surface area contributed by atoms with E-state index in [1.54, 1.807) is 25.3 Å². The number of aryl methyl sites for hydroxylation is 1. The van der Waals surface area contributed by atoms with Crippen molar-refractivity contribution < 1.29 is 8.42 Å². The van der Waals surface area contributed by atoms with Crippen LogP contribution in [0.2, 0.25) is 0 Å². The molecule has 0 aliphatic carbocycles. The van der Waals surface area contributed by atoms with Crippen molar-refractivity contribution >= 4 is 21.4 Å². The molecule has 1 unspecified atom stereocenters. The molecule has 1 atom stereocenters. The Morgan fingerprint density at radius 2 is 2.10 bits per heavy atom. The van der Waals surface area contributed by atoms with Crippen LogP contribution in [0.1, 0.15) is 28.4 Å². The lowest BCUT2D eigenvalue weighted by Crippen LogP contribution is -2.27. The Kier molecular flexibility index (Phi) is 4.18. The molecule has 0 radical (unpaired) electrons. The molecule has 1 aromatic carbocycles. The van der Waals surface area contributed by atoms with Crippen molar-refractivity contribution in [2.24, 2.45) is 0 Å². The second-order valence-corrected chi connectivity index (χ2v) is 7.21. The first-order valence-corrected chi connectivity index (χ1v) is 8.18. The van der Waals surface area contributed by atoms with Crippen molar-refractivity contribution in [2.75, 3.05) is 0 Å². The summed E-state index contributed by atoms with van der Waals surface area (Å²) >= 11 is 1.44. The molecule has 0 saturated carbocycles. The Hall–Kier alpha value is -1.75. The molecule has 0 spiro atoms. The zero-order chi connectivity index (χ0) is 14.8. The zero-order valence-electron chi connectivity index (χ0n) is 11.0. The first kappa shape index (κ1) is 14.7. The van der Waals surface area contributed by atoms with E-state index in [0.29, 0.717) is 5.01 Å². The van der Waals surface area contributed by atoms with Crippen LogP contribution in [0, 0.1) is 18.3 Å². The Labute approximate surface area is 122 Å². The number of hydrogen-bond donors (Lipinski definition) is 1. The SMILES string of the molecule is Cc1cnc(C(C)NS(=O)(=O)c2ccccc2C#N)s1. The largest absolute Gasteiger partial charge is 0.248 e. The maximum atomic E-state index is 12.3. The molecular formula is C13H13N3O2S2. The fourth-order valence-corrected chi connectivity index (χ4v) is 3.93. The van der Waals surface area contributed by atoms with Gasteiger partial charge in [-0.3, -0.25) is 0 Å². The predicted molar refractivity (Wildman–Crippen MR) is 76.7 cm³/mol. The van der Waals surface area contributed by atoms with Crippen LogP contribution < -0.4 is 4.72 Å². The molecule has 0 amide bonds. The molecule has 2 aromatic rings. The summed E-state index contributed by atoms with van der Waals surface area (Å²) in [5, 5.41) is 9.68. The number of rotatable bonds is 4. The molecule has 0 fully saturated rings. The average Bonchev–Trinajstić information content (AvgIpc) is 2.85. The molecule has 0 saturated heterocycles. The first-order chi connectivity index (χ1) is 9.44. The molecule has 0 aliphatic heterocycles. The summed E-state index contributed by atoms with van der Waals surface area (Å²) in [5.41, 5.74) is 0.127. The normalized spacial score (nSPS) is 12.8. The number of aromatic nitrogens is 1. The first-order valence-electron chi connectivity index (χ1n) is 5.88. The van der Waals surface area contributed by atoms with Gasteiger partial charge in [0.2, 0.25) is 10.0 Å². The monoisotopic (exact) mass is 307 g/mol. The Bertz CT molecular complexity index is 760. The molecule has 0 bridgehead atoms. The van der Waals surface area contributed by atoms with Gasteiger partial charge in [-0.2, -0.15) is 5.26 Å². The topological polar surface area (TPSA) is 82.8 Å². The van der Waals surface area contributed by atoms with E-state index < -0.39 is 16.1 Å². The van der Waals surface area contributed by atoms with Gasteiger partial charge in [0.1, 0.15) is 11.1 Å². The third-order valence-corrected chi connectivity index (χ3v) is 5.33. The number of hydrogen-bond acceptors (Lipinski definition) is 5. The summed E-state index contributed by atoms with van der Waals surface area (Å²) in [7, 11) is -3.75. The Morgan fingerprint density at radius 3 is 2.70 bits per heavy atom. The molecule has 104 valence electrons. The van der Waals surface area contributed by atoms with Gasteiger partial charge in [-0.05, 0) is 26.0 Å². The van der Waals surface area contributed by atoms with Crippen LogP contribution in [0.4, 0.5) is 0 Å². The van der Waals surface area contributed by atoms with Gasteiger partial charge in [-0.15, -0.1) is 11.3 Å². The minimum absolute atomic E-state index is 0.0115. The van der Waals surface area contributed by atoms with E-state index >= 15 is 0 Å². The molecule has 2 rings (SSSR count). The van der Waals surface area contributed by atoms with Crippen LogP contribution in [-0.2, 0) is 10.0 Å². The van der Waals surface area contributed by atoms with E-state index in [2.05, 4.69) is 9.71 Å². The van der Waals surface area contributed by atoms with Gasteiger partial charge in [0, 0.05) is 11.1 Å². The molecule has 1 heterocycles. The summed E-state index contributed by atoms with van der Waals surface area (Å²) in [4.78, 5) is 5.17. The van der Waals surface area contributed by atoms with Gasteiger partial charge >= 0.3 is 0 Å². The maximum Gasteiger partial charge on any atom is 0.242 e. The van der Waals surface area contributed by atoms with E-state index in [0.717, 1.165) is 4.88 Å². The summed E-state index contributed by atoms with van der Waals surface area (Å²) < 4.78 is 27.2. The number of nitrogens with zero attached hydrogens (tertiary/aromatic N) is 2. The minimum Gasteiger partial charge on any atom is -0.248 e. The van der Waals surface area contributed by atoms with Crippen LogP contribution in [-0.4, -0.2) is 13.4 Å². The van der Waals surface area contributed by atoms with E-state index in [4.69, 9.17) is 5.26 Å². The van der Waals surface area contributed by atoms with Crippen LogP contribution >= 0.6 is 11.3 Å². The average molecular weight is 307 g/mol. The van der Waals surface area contributed by atoms with Crippen molar-refractivity contribution in [3.8, 4) is 6.07 Å². The summed E-state index contributed by atoms with van der Waals surface area (Å²) in [6, 6.07) is 7.56. The van der Waals surface area contributed by atoms with Crippen molar-refractivity contribution in [3.05, 3.63) is 45.9 Å². The van der Waals surface area contributed by atoms with Crippen molar-refractivity contribution in [1.29, 1.82) is 5.26 Å². The van der Waals surface area contributed by atoms with Gasteiger partial charge in [-0.1, -0.05) is 12.1 Å². The quantitative estimate of drug-likeness (QED) is 0.940. The van der Waals surface area contributed by atoms with Crippen LogP contribution in [0.25, 0.3) is 0 Å². The summed E-state index contributed by atoms with van der Waals surface area (Å²) in [6.07, 6.45) is 1.70. The van der Waals surface area contributed by atoms with Gasteiger partial charge in [0.15, 0.2) is 0 Å². The van der Waals surface area contributed by atoms with Crippen molar-refractivity contribution in [2.45, 2.75) is 24.8 Å². The molecular weight excluding hydrogens is 294 g/mol. The number of nitrogens with one attached hydrogen (secondary N) is 1. The second kappa shape index (κ2) is 5.71. The molecule has 0 aliphatic rings. The summed E-state index contributed by atoms with van der Waals surface area (Å²) in [5.74, 6) is 0. The number of benzene rings is 1. The van der Waals surface area contributed by atoms with Crippen LogP contribution in [0.3, 0.4) is 0 Å². The van der Waals surface area contributed by atoms with Gasteiger partial charge in [0.25, 0.3) is 0 Å². The highest BCUT2D eigenvalue weighted by atomic mass is 32.2. The second-order valence-electron chi connectivity index (χ2n) is 4.26. The van der Waals surface area contributed by atoms with Gasteiger partial charge < -0.3 is 0 Å². The third kappa shape index (κ3) is 3.04. The van der Waals surface area contributed by atoms with Crippen LogP contribution in [0.5, 0.6) is 0 Å². The molecule has 20 heavy (non-hydrogen) atoms. The zero-order valence-corrected chi connectivity index (χ0v) is 12.6. The van der Waals surface area contributed by atoms with E-state index in [1.807, 2.05) is 13.0 Å². The lowest BCUT2D eigenvalue weighted by Gasteiger charge is -2.12. The fraction of sp³-hybridized carbons (Fsp3) is 0.231. The highest BCUT2D eigenvalue weighted by Crippen LogP contribution is 2.22. The summed E-state index contributed by atoms with van der Waals surface area (Å²) in [6.45, 7) is 3.64. The third-order valence-electron chi connectivity index (χ3n) is 2.64. The standard InChI is InChI=1S/C13H13N3O2S2/c1-9-8-15-13(19-9)10(2)16-20(17,18)12-6-4-3-5-11(12)7-14/h3-6,8,10,16H,1-2H3. The maximum absolute atomic E-state index is 12.3. The molecule has 1 aromatic heterocycles. The Morgan fingerprint density at radius 1 is 1.40 bits per heavy atom. The van der Waals surface area contributed by atoms with Crippen molar-refractivity contribution in [1.82, 2.24) is 9.71 Å². The molecule has 5 nitrogen and oxygen atoms in total. The number of sulfonamides is 1. The van der Waals surface area contributed by atoms with E-state index in [-0.39, 0.29) is 10.5 Å². The number of nitriles is 1. The Balaban J connectivity index is 2.30. The lowest BCUT2D eigenvalue weighted by molar-refractivity contribution is 0.566. The van der Waals surface area contributed by atoms with Crippen molar-refractivity contribution in [3.63, 3.8) is 0 Å². The van der Waals surface area contributed by atoms with Gasteiger partial charge in [-0.25, -0.2) is 18.1 Å². The number of thiazole rings is 1. The fourth-order valence-electron chi connectivity index (χ4n) is 1.71. The minimum atomic E-state index is -3.75. The van der Waals surface area contributed by atoms with E-state index in [9.17, 15) is 8.42 Å². The smallest absolute Gasteiger partial charge is 0.242 e. The van der Waals surface area contributed by atoms with E-state index in [1.165, 1.54) is 23.5 Å². The molecule has 7 heteroatoms.